The van der Waals surface area contributed by atoms with Crippen LogP contribution in [0.2, 0.25) is 5.02 Å². The fourth-order valence-electron chi connectivity index (χ4n) is 3.08. The van der Waals surface area contributed by atoms with Crippen molar-refractivity contribution in [3.05, 3.63) is 94.8 Å². The van der Waals surface area contributed by atoms with E-state index in [4.69, 9.17) is 16.3 Å². The van der Waals surface area contributed by atoms with E-state index in [0.717, 1.165) is 22.6 Å². The van der Waals surface area contributed by atoms with Crippen LogP contribution in [0.5, 0.6) is 5.75 Å². The standard InChI is InChI=1S/C21H20ClNO2/c1-21(24,16-8-12-18(25-2)13-9-16)20(19-5-3-4-14-23-19)15-6-10-17(22)11-7-15/h3-14,20,24H,1-2H3/t20-,21-/m0/s1. The largest absolute Gasteiger partial charge is 0.497 e. The van der Waals surface area contributed by atoms with Gasteiger partial charge in [-0.15, -0.1) is 0 Å². The molecule has 0 fully saturated rings. The SMILES string of the molecule is COc1ccc([C@](C)(O)[C@@H](c2ccc(Cl)cc2)c2ccccn2)cc1. The van der Waals surface area contributed by atoms with Gasteiger partial charge in [-0.2, -0.15) is 0 Å². The van der Waals surface area contributed by atoms with Crippen LogP contribution < -0.4 is 4.74 Å². The summed E-state index contributed by atoms with van der Waals surface area (Å²) in [6.45, 7) is 1.81. The maximum atomic E-state index is 11.5. The number of hydrogen-bond donors (Lipinski definition) is 1. The third-order valence-corrected chi connectivity index (χ3v) is 4.68. The Morgan fingerprint density at radius 3 is 2.24 bits per heavy atom. The van der Waals surface area contributed by atoms with Crippen LogP contribution in [0.15, 0.2) is 72.9 Å². The summed E-state index contributed by atoms with van der Waals surface area (Å²) in [7, 11) is 1.62. The van der Waals surface area contributed by atoms with Gasteiger partial charge >= 0.3 is 0 Å². The topological polar surface area (TPSA) is 42.4 Å². The van der Waals surface area contributed by atoms with Crippen molar-refractivity contribution in [3.63, 3.8) is 0 Å². The van der Waals surface area contributed by atoms with Crippen molar-refractivity contribution < 1.29 is 9.84 Å². The monoisotopic (exact) mass is 353 g/mol. The second-order valence-corrected chi connectivity index (χ2v) is 6.55. The maximum Gasteiger partial charge on any atom is 0.118 e. The summed E-state index contributed by atoms with van der Waals surface area (Å²) in [6.07, 6.45) is 1.74. The fourth-order valence-corrected chi connectivity index (χ4v) is 3.21. The zero-order chi connectivity index (χ0) is 17.9. The van der Waals surface area contributed by atoms with Gasteiger partial charge in [0.05, 0.1) is 24.3 Å². The minimum absolute atomic E-state index is 0.334. The van der Waals surface area contributed by atoms with Gasteiger partial charge < -0.3 is 9.84 Å². The highest BCUT2D eigenvalue weighted by Crippen LogP contribution is 2.41. The van der Waals surface area contributed by atoms with Gasteiger partial charge in [-0.3, -0.25) is 4.98 Å². The predicted molar refractivity (Wildman–Crippen MR) is 100 cm³/mol. The average molecular weight is 354 g/mol. The van der Waals surface area contributed by atoms with Gasteiger partial charge in [-0.1, -0.05) is 41.9 Å². The molecule has 0 amide bonds. The summed E-state index contributed by atoms with van der Waals surface area (Å²) in [5, 5.41) is 12.1. The minimum atomic E-state index is -1.16. The number of pyridine rings is 1. The average Bonchev–Trinajstić information content (AvgIpc) is 2.64. The molecule has 2 aromatic carbocycles. The van der Waals surface area contributed by atoms with Crippen molar-refractivity contribution >= 4 is 11.6 Å². The summed E-state index contributed by atoms with van der Waals surface area (Å²) >= 11 is 6.03. The predicted octanol–water partition coefficient (Wildman–Crippen LogP) is 4.78. The molecule has 3 rings (SSSR count). The number of rotatable bonds is 5. The smallest absolute Gasteiger partial charge is 0.118 e. The van der Waals surface area contributed by atoms with Crippen LogP contribution in [-0.4, -0.2) is 17.2 Å². The first-order valence-electron chi connectivity index (χ1n) is 8.05. The van der Waals surface area contributed by atoms with Crippen molar-refractivity contribution in [1.29, 1.82) is 0 Å². The van der Waals surface area contributed by atoms with Crippen LogP contribution >= 0.6 is 11.6 Å². The molecule has 25 heavy (non-hydrogen) atoms. The molecule has 3 aromatic rings. The fraction of sp³-hybridized carbons (Fsp3) is 0.190. The normalized spacial score (nSPS) is 14.6. The Morgan fingerprint density at radius 2 is 1.68 bits per heavy atom. The number of halogens is 1. The molecule has 4 heteroatoms. The molecule has 0 aliphatic rings. The van der Waals surface area contributed by atoms with E-state index >= 15 is 0 Å². The summed E-state index contributed by atoms with van der Waals surface area (Å²) in [6, 6.07) is 20.7. The van der Waals surface area contributed by atoms with Gasteiger partial charge in [0.1, 0.15) is 5.75 Å². The Labute approximate surface area is 152 Å². The van der Waals surface area contributed by atoms with Crippen molar-refractivity contribution in [2.45, 2.75) is 18.4 Å². The summed E-state index contributed by atoms with van der Waals surface area (Å²) in [4.78, 5) is 4.49. The summed E-state index contributed by atoms with van der Waals surface area (Å²) in [5.41, 5.74) is 1.38. The first-order valence-corrected chi connectivity index (χ1v) is 8.43. The molecule has 0 aliphatic heterocycles. The molecule has 0 unspecified atom stereocenters. The Bertz CT molecular complexity index is 815. The number of ether oxygens (including phenoxy) is 1. The van der Waals surface area contributed by atoms with Gasteiger partial charge in [0.15, 0.2) is 0 Å². The molecule has 0 saturated carbocycles. The number of aromatic nitrogens is 1. The lowest BCUT2D eigenvalue weighted by molar-refractivity contribution is 0.0380. The quantitative estimate of drug-likeness (QED) is 0.717. The molecular weight excluding hydrogens is 334 g/mol. The molecule has 1 aromatic heterocycles. The molecule has 0 spiro atoms. The van der Waals surface area contributed by atoms with E-state index in [2.05, 4.69) is 4.98 Å². The zero-order valence-corrected chi connectivity index (χ0v) is 14.9. The number of hydrogen-bond acceptors (Lipinski definition) is 3. The highest BCUT2D eigenvalue weighted by Gasteiger charge is 2.37. The van der Waals surface area contributed by atoms with Crippen LogP contribution in [0.3, 0.4) is 0 Å². The zero-order valence-electron chi connectivity index (χ0n) is 14.2. The molecule has 0 aliphatic carbocycles. The van der Waals surface area contributed by atoms with Gasteiger partial charge in [0, 0.05) is 11.2 Å². The highest BCUT2D eigenvalue weighted by molar-refractivity contribution is 6.30. The molecule has 1 N–H and O–H groups in total. The van der Waals surface area contributed by atoms with Crippen molar-refractivity contribution in [2.24, 2.45) is 0 Å². The second kappa shape index (κ2) is 7.26. The first-order chi connectivity index (χ1) is 12.0. The molecule has 0 bridgehead atoms. The summed E-state index contributed by atoms with van der Waals surface area (Å²) in [5.74, 6) is 0.416. The van der Waals surface area contributed by atoms with Crippen molar-refractivity contribution in [1.82, 2.24) is 4.98 Å². The number of benzene rings is 2. The van der Waals surface area contributed by atoms with Crippen LogP contribution in [0.4, 0.5) is 0 Å². The van der Waals surface area contributed by atoms with Crippen LogP contribution in [0.25, 0.3) is 0 Å². The van der Waals surface area contributed by atoms with E-state index in [1.807, 2.05) is 73.7 Å². The Kier molecular flexibility index (Phi) is 5.07. The lowest BCUT2D eigenvalue weighted by Crippen LogP contribution is -2.31. The molecular formula is C21H20ClNO2. The Hall–Kier alpha value is -2.36. The third kappa shape index (κ3) is 3.68. The van der Waals surface area contributed by atoms with Crippen LogP contribution in [-0.2, 0) is 5.60 Å². The van der Waals surface area contributed by atoms with E-state index in [9.17, 15) is 5.11 Å². The molecule has 0 saturated heterocycles. The van der Waals surface area contributed by atoms with E-state index in [0.29, 0.717) is 5.02 Å². The second-order valence-electron chi connectivity index (χ2n) is 6.12. The minimum Gasteiger partial charge on any atom is -0.497 e. The van der Waals surface area contributed by atoms with E-state index < -0.39 is 5.60 Å². The van der Waals surface area contributed by atoms with Crippen LogP contribution in [0.1, 0.15) is 29.7 Å². The lowest BCUT2D eigenvalue weighted by atomic mass is 9.76. The molecule has 1 heterocycles. The molecule has 3 nitrogen and oxygen atoms in total. The van der Waals surface area contributed by atoms with Gasteiger partial charge in [0.25, 0.3) is 0 Å². The number of methoxy groups -OCH3 is 1. The number of nitrogens with zero attached hydrogens (tertiary/aromatic N) is 1. The van der Waals surface area contributed by atoms with E-state index in [1.165, 1.54) is 0 Å². The van der Waals surface area contributed by atoms with Gasteiger partial charge in [-0.25, -0.2) is 0 Å². The highest BCUT2D eigenvalue weighted by atomic mass is 35.5. The Balaban J connectivity index is 2.10. The van der Waals surface area contributed by atoms with Gasteiger partial charge in [-0.05, 0) is 54.4 Å². The van der Waals surface area contributed by atoms with Crippen LogP contribution in [0, 0.1) is 0 Å². The lowest BCUT2D eigenvalue weighted by Gasteiger charge is -2.33. The first kappa shape index (κ1) is 17.5. The number of aliphatic hydroxyl groups is 1. The third-order valence-electron chi connectivity index (χ3n) is 4.42. The Morgan fingerprint density at radius 1 is 1.00 bits per heavy atom. The van der Waals surface area contributed by atoms with E-state index in [-0.39, 0.29) is 5.92 Å². The van der Waals surface area contributed by atoms with Crippen molar-refractivity contribution in [3.8, 4) is 5.75 Å². The maximum absolute atomic E-state index is 11.5. The van der Waals surface area contributed by atoms with E-state index in [1.54, 1.807) is 13.3 Å². The van der Waals surface area contributed by atoms with Gasteiger partial charge in [0.2, 0.25) is 0 Å². The summed E-state index contributed by atoms with van der Waals surface area (Å²) < 4.78 is 5.22. The molecule has 0 radical (unpaired) electrons. The molecule has 2 atom stereocenters. The van der Waals surface area contributed by atoms with Crippen molar-refractivity contribution in [2.75, 3.05) is 7.11 Å². The molecule has 128 valence electrons.